The lowest BCUT2D eigenvalue weighted by molar-refractivity contribution is 0.936. The monoisotopic (exact) mass is 217 g/mol. The maximum atomic E-state index is 5.88. The van der Waals surface area contributed by atoms with Crippen molar-refractivity contribution in [3.63, 3.8) is 0 Å². The largest absolute Gasteiger partial charge is 0.356 e. The predicted octanol–water partition coefficient (Wildman–Crippen LogP) is 1.93. The maximum absolute atomic E-state index is 5.88. The van der Waals surface area contributed by atoms with E-state index in [2.05, 4.69) is 16.2 Å². The number of anilines is 1. The van der Waals surface area contributed by atoms with Crippen LogP contribution in [0.1, 0.15) is 0 Å². The van der Waals surface area contributed by atoms with Gasteiger partial charge in [-0.2, -0.15) is 11.8 Å². The second-order valence-corrected chi connectivity index (χ2v) is 3.93. The first-order valence-electron chi connectivity index (χ1n) is 3.92. The molecule has 0 unspecified atom stereocenters. The third-order valence-corrected chi connectivity index (χ3v) is 2.49. The molecule has 13 heavy (non-hydrogen) atoms. The molecule has 72 valence electrons. The van der Waals surface area contributed by atoms with Crippen molar-refractivity contribution >= 4 is 29.2 Å². The van der Waals surface area contributed by atoms with Crippen LogP contribution >= 0.6 is 23.4 Å². The summed E-state index contributed by atoms with van der Waals surface area (Å²) in [6.07, 6.45) is 5.32. The second kappa shape index (κ2) is 5.29. The summed E-state index contributed by atoms with van der Waals surface area (Å²) in [4.78, 5) is 10.1. The van der Waals surface area contributed by atoms with Crippen LogP contribution in [0.25, 0.3) is 0 Å². The molecule has 0 saturated heterocycles. The smallest absolute Gasteiger partial charge is 0.171 e. The van der Waals surface area contributed by atoms with Crippen molar-refractivity contribution in [3.8, 4) is 0 Å². The van der Waals surface area contributed by atoms with Crippen molar-refractivity contribution in [3.05, 3.63) is 17.5 Å². The van der Waals surface area contributed by atoms with E-state index in [9.17, 15) is 0 Å². The molecule has 0 radical (unpaired) electrons. The number of thioether (sulfide) groups is 1. The van der Waals surface area contributed by atoms with Crippen LogP contribution in [0.15, 0.2) is 12.4 Å². The van der Waals surface area contributed by atoms with Gasteiger partial charge >= 0.3 is 0 Å². The van der Waals surface area contributed by atoms with Crippen LogP contribution in [0.5, 0.6) is 0 Å². The number of halogens is 1. The van der Waals surface area contributed by atoms with Crippen LogP contribution in [0.3, 0.4) is 0 Å². The molecule has 3 nitrogen and oxygen atoms in total. The fraction of sp³-hybridized carbons (Fsp3) is 0.500. The van der Waals surface area contributed by atoms with E-state index in [1.54, 1.807) is 24.2 Å². The van der Waals surface area contributed by atoms with E-state index in [1.807, 2.05) is 11.9 Å². The van der Waals surface area contributed by atoms with Crippen LogP contribution in [-0.4, -0.2) is 35.6 Å². The lowest BCUT2D eigenvalue weighted by Crippen LogP contribution is -2.21. The van der Waals surface area contributed by atoms with Crippen LogP contribution in [0.4, 0.5) is 5.82 Å². The van der Waals surface area contributed by atoms with Gasteiger partial charge < -0.3 is 4.90 Å². The van der Waals surface area contributed by atoms with Crippen LogP contribution in [0.2, 0.25) is 5.15 Å². The van der Waals surface area contributed by atoms with Gasteiger partial charge in [0.15, 0.2) is 11.0 Å². The molecule has 0 aliphatic rings. The molecule has 1 heterocycles. The van der Waals surface area contributed by atoms with Gasteiger partial charge in [-0.15, -0.1) is 0 Å². The number of nitrogens with zero attached hydrogens (tertiary/aromatic N) is 3. The minimum absolute atomic E-state index is 0.464. The molecule has 0 saturated carbocycles. The van der Waals surface area contributed by atoms with E-state index in [-0.39, 0.29) is 0 Å². The zero-order valence-electron chi connectivity index (χ0n) is 7.70. The standard InChI is InChI=1S/C8H12ClN3S/c1-12(5-6-13-2)8-7(9)10-3-4-11-8/h3-4H,5-6H2,1-2H3. The molecular weight excluding hydrogens is 206 g/mol. The van der Waals surface area contributed by atoms with Crippen molar-refractivity contribution in [1.29, 1.82) is 0 Å². The average Bonchev–Trinajstić information content (AvgIpc) is 2.15. The SMILES string of the molecule is CSCCN(C)c1nccnc1Cl. The van der Waals surface area contributed by atoms with Gasteiger partial charge in [0.25, 0.3) is 0 Å². The molecule has 0 N–H and O–H groups in total. The zero-order chi connectivity index (χ0) is 9.68. The highest BCUT2D eigenvalue weighted by molar-refractivity contribution is 7.98. The zero-order valence-corrected chi connectivity index (χ0v) is 9.27. The summed E-state index contributed by atoms with van der Waals surface area (Å²) in [6, 6.07) is 0. The third kappa shape index (κ3) is 3.04. The quantitative estimate of drug-likeness (QED) is 0.771. The number of hydrogen-bond donors (Lipinski definition) is 0. The first-order valence-corrected chi connectivity index (χ1v) is 5.69. The van der Waals surface area contributed by atoms with Crippen LogP contribution in [0, 0.1) is 0 Å². The summed E-state index contributed by atoms with van der Waals surface area (Å²) in [5.41, 5.74) is 0. The van der Waals surface area contributed by atoms with E-state index in [4.69, 9.17) is 11.6 Å². The topological polar surface area (TPSA) is 29.0 Å². The van der Waals surface area contributed by atoms with Gasteiger partial charge in [-0.3, -0.25) is 0 Å². The maximum Gasteiger partial charge on any atom is 0.171 e. The summed E-state index contributed by atoms with van der Waals surface area (Å²) in [5.74, 6) is 1.81. The molecular formula is C8H12ClN3S. The first kappa shape index (κ1) is 10.6. The summed E-state index contributed by atoms with van der Waals surface area (Å²) < 4.78 is 0. The van der Waals surface area contributed by atoms with Gasteiger partial charge in [0.1, 0.15) is 0 Å². The Morgan fingerprint density at radius 3 is 2.77 bits per heavy atom. The average molecular weight is 218 g/mol. The Morgan fingerprint density at radius 1 is 1.46 bits per heavy atom. The highest BCUT2D eigenvalue weighted by atomic mass is 35.5. The molecule has 0 aliphatic carbocycles. The Labute approximate surface area is 87.5 Å². The molecule has 5 heteroatoms. The van der Waals surface area contributed by atoms with E-state index < -0.39 is 0 Å². The van der Waals surface area contributed by atoms with Crippen molar-refractivity contribution in [1.82, 2.24) is 9.97 Å². The minimum atomic E-state index is 0.464. The van der Waals surface area contributed by atoms with E-state index in [0.29, 0.717) is 5.15 Å². The highest BCUT2D eigenvalue weighted by Gasteiger charge is 2.06. The lowest BCUT2D eigenvalue weighted by Gasteiger charge is -2.17. The fourth-order valence-electron chi connectivity index (χ4n) is 0.904. The highest BCUT2D eigenvalue weighted by Crippen LogP contribution is 2.18. The molecule has 1 rings (SSSR count). The van der Waals surface area contributed by atoms with Crippen LogP contribution in [-0.2, 0) is 0 Å². The molecule has 0 spiro atoms. The summed E-state index contributed by atoms with van der Waals surface area (Å²) in [7, 11) is 1.96. The minimum Gasteiger partial charge on any atom is -0.356 e. The van der Waals surface area contributed by atoms with Gasteiger partial charge in [-0.1, -0.05) is 11.6 Å². The summed E-state index contributed by atoms with van der Waals surface area (Å²) in [5, 5.41) is 0.464. The van der Waals surface area contributed by atoms with Gasteiger partial charge in [0.05, 0.1) is 0 Å². The number of rotatable bonds is 4. The van der Waals surface area contributed by atoms with Gasteiger partial charge in [0.2, 0.25) is 0 Å². The van der Waals surface area contributed by atoms with Gasteiger partial charge in [-0.25, -0.2) is 9.97 Å². The first-order chi connectivity index (χ1) is 6.25. The fourth-order valence-corrected chi connectivity index (χ4v) is 1.61. The predicted molar refractivity (Wildman–Crippen MR) is 58.7 cm³/mol. The Hall–Kier alpha value is -0.480. The number of hydrogen-bond acceptors (Lipinski definition) is 4. The Bertz CT molecular complexity index is 269. The van der Waals surface area contributed by atoms with Gasteiger partial charge in [-0.05, 0) is 6.26 Å². The molecule has 0 atom stereocenters. The lowest BCUT2D eigenvalue weighted by atomic mass is 10.5. The van der Waals surface area contributed by atoms with E-state index >= 15 is 0 Å². The Morgan fingerprint density at radius 2 is 2.15 bits per heavy atom. The number of aromatic nitrogens is 2. The summed E-state index contributed by atoms with van der Waals surface area (Å²) >= 11 is 7.67. The van der Waals surface area contributed by atoms with Crippen molar-refractivity contribution in [2.24, 2.45) is 0 Å². The van der Waals surface area contributed by atoms with Crippen molar-refractivity contribution in [2.45, 2.75) is 0 Å². The molecule has 0 amide bonds. The van der Waals surface area contributed by atoms with Crippen molar-refractivity contribution < 1.29 is 0 Å². The van der Waals surface area contributed by atoms with Crippen molar-refractivity contribution in [2.75, 3.05) is 30.5 Å². The normalized spacial score (nSPS) is 10.1. The summed E-state index contributed by atoms with van der Waals surface area (Å²) in [6.45, 7) is 0.930. The molecule has 0 fully saturated rings. The Kier molecular flexibility index (Phi) is 4.32. The third-order valence-electron chi connectivity index (χ3n) is 1.63. The second-order valence-electron chi connectivity index (χ2n) is 2.59. The Balaban J connectivity index is 2.65. The molecule has 0 bridgehead atoms. The molecule has 1 aromatic rings. The van der Waals surface area contributed by atoms with E-state index in [1.165, 1.54) is 0 Å². The molecule has 1 aromatic heterocycles. The van der Waals surface area contributed by atoms with Crippen LogP contribution < -0.4 is 4.90 Å². The molecule has 0 aromatic carbocycles. The van der Waals surface area contributed by atoms with Gasteiger partial charge in [0, 0.05) is 31.7 Å². The van der Waals surface area contributed by atoms with E-state index in [0.717, 1.165) is 18.1 Å². The molecule has 0 aliphatic heterocycles.